The number of para-hydroxylation sites is 2. The Hall–Kier alpha value is -2.69. The minimum absolute atomic E-state index is 0.0202. The summed E-state index contributed by atoms with van der Waals surface area (Å²) in [6.45, 7) is 4.35. The van der Waals surface area contributed by atoms with Gasteiger partial charge in [-0.3, -0.25) is 4.79 Å². The minimum Gasteiger partial charge on any atom is -0.497 e. The molecule has 0 fully saturated rings. The summed E-state index contributed by atoms with van der Waals surface area (Å²) in [4.78, 5) is 16.6. The highest BCUT2D eigenvalue weighted by atomic mass is 16.5. The standard InChI is InChI=1S/C20H24N2O3/c1-4-22-14-17(25-19-8-6-5-7-18(19)22)13-21(2)20(23)15-9-11-16(24-3)12-10-15/h5-12,17H,4,13-14H2,1-3H3. The first-order chi connectivity index (χ1) is 12.1. The van der Waals surface area contributed by atoms with Gasteiger partial charge < -0.3 is 19.3 Å². The smallest absolute Gasteiger partial charge is 0.253 e. The fourth-order valence-corrected chi connectivity index (χ4v) is 3.12. The van der Waals surface area contributed by atoms with Gasteiger partial charge in [-0.1, -0.05) is 12.1 Å². The highest BCUT2D eigenvalue weighted by molar-refractivity contribution is 5.94. The molecule has 5 heteroatoms. The Morgan fingerprint density at radius 1 is 1.24 bits per heavy atom. The summed E-state index contributed by atoms with van der Waals surface area (Å²) in [5, 5.41) is 0. The molecular formula is C20H24N2O3. The van der Waals surface area contributed by atoms with Crippen molar-refractivity contribution < 1.29 is 14.3 Å². The molecule has 132 valence electrons. The molecule has 1 atom stereocenters. The predicted octanol–water partition coefficient (Wildman–Crippen LogP) is 3.05. The summed E-state index contributed by atoms with van der Waals surface area (Å²) in [5.41, 5.74) is 1.76. The van der Waals surface area contributed by atoms with Gasteiger partial charge >= 0.3 is 0 Å². The molecule has 0 saturated heterocycles. The van der Waals surface area contributed by atoms with Crippen LogP contribution in [0.1, 0.15) is 17.3 Å². The lowest BCUT2D eigenvalue weighted by molar-refractivity contribution is 0.0709. The molecule has 0 N–H and O–H groups in total. The van der Waals surface area contributed by atoms with E-state index in [9.17, 15) is 4.79 Å². The van der Waals surface area contributed by atoms with Crippen molar-refractivity contribution in [3.05, 3.63) is 54.1 Å². The number of benzene rings is 2. The monoisotopic (exact) mass is 340 g/mol. The van der Waals surface area contributed by atoms with Crippen LogP contribution in [0.3, 0.4) is 0 Å². The third kappa shape index (κ3) is 3.71. The number of hydrogen-bond donors (Lipinski definition) is 0. The summed E-state index contributed by atoms with van der Waals surface area (Å²) in [7, 11) is 3.42. The van der Waals surface area contributed by atoms with E-state index < -0.39 is 0 Å². The number of nitrogens with zero attached hydrogens (tertiary/aromatic N) is 2. The van der Waals surface area contributed by atoms with E-state index in [4.69, 9.17) is 9.47 Å². The molecular weight excluding hydrogens is 316 g/mol. The number of anilines is 1. The Bertz CT molecular complexity index is 730. The van der Waals surface area contributed by atoms with Crippen LogP contribution in [0.2, 0.25) is 0 Å². The fourth-order valence-electron chi connectivity index (χ4n) is 3.12. The predicted molar refractivity (Wildman–Crippen MR) is 98.7 cm³/mol. The van der Waals surface area contributed by atoms with Crippen molar-refractivity contribution in [2.45, 2.75) is 13.0 Å². The normalized spacial score (nSPS) is 16.0. The molecule has 0 saturated carbocycles. The van der Waals surface area contributed by atoms with Gasteiger partial charge in [0.15, 0.2) is 0 Å². The summed E-state index contributed by atoms with van der Waals surface area (Å²) >= 11 is 0. The zero-order valence-corrected chi connectivity index (χ0v) is 14.9. The van der Waals surface area contributed by atoms with Crippen LogP contribution in [-0.4, -0.2) is 50.7 Å². The summed E-state index contributed by atoms with van der Waals surface area (Å²) in [6, 6.07) is 15.2. The van der Waals surface area contributed by atoms with Crippen molar-refractivity contribution in [1.29, 1.82) is 0 Å². The first-order valence-corrected chi connectivity index (χ1v) is 8.52. The third-order valence-corrected chi connectivity index (χ3v) is 4.47. The van der Waals surface area contributed by atoms with Gasteiger partial charge in [0.2, 0.25) is 0 Å². The number of carbonyl (C=O) groups is 1. The molecule has 0 aromatic heterocycles. The molecule has 0 radical (unpaired) electrons. The molecule has 1 aliphatic rings. The van der Waals surface area contributed by atoms with Gasteiger partial charge in [0.05, 0.1) is 25.9 Å². The largest absolute Gasteiger partial charge is 0.497 e. The lowest BCUT2D eigenvalue weighted by Gasteiger charge is -2.37. The highest BCUT2D eigenvalue weighted by Crippen LogP contribution is 2.32. The Morgan fingerprint density at radius 3 is 2.64 bits per heavy atom. The molecule has 1 amide bonds. The summed E-state index contributed by atoms with van der Waals surface area (Å²) < 4.78 is 11.2. The molecule has 5 nitrogen and oxygen atoms in total. The van der Waals surface area contributed by atoms with E-state index in [-0.39, 0.29) is 12.0 Å². The number of rotatable bonds is 5. The maximum absolute atomic E-state index is 12.6. The molecule has 0 spiro atoms. The van der Waals surface area contributed by atoms with E-state index in [1.165, 1.54) is 0 Å². The molecule has 1 heterocycles. The van der Waals surface area contributed by atoms with Crippen LogP contribution < -0.4 is 14.4 Å². The minimum atomic E-state index is -0.0537. The molecule has 1 aliphatic heterocycles. The second kappa shape index (κ2) is 7.47. The van der Waals surface area contributed by atoms with Crippen molar-refractivity contribution in [2.75, 3.05) is 38.7 Å². The van der Waals surface area contributed by atoms with E-state index in [0.717, 1.165) is 30.3 Å². The summed E-state index contributed by atoms with van der Waals surface area (Å²) in [5.74, 6) is 1.60. The Morgan fingerprint density at radius 2 is 1.96 bits per heavy atom. The lowest BCUT2D eigenvalue weighted by atomic mass is 10.1. The van der Waals surface area contributed by atoms with Crippen molar-refractivity contribution in [3.8, 4) is 11.5 Å². The van der Waals surface area contributed by atoms with Gasteiger partial charge in [-0.15, -0.1) is 0 Å². The van der Waals surface area contributed by atoms with E-state index in [1.807, 2.05) is 25.2 Å². The highest BCUT2D eigenvalue weighted by Gasteiger charge is 2.26. The zero-order valence-electron chi connectivity index (χ0n) is 14.9. The van der Waals surface area contributed by atoms with E-state index >= 15 is 0 Å². The van der Waals surface area contributed by atoms with Crippen LogP contribution in [0.15, 0.2) is 48.5 Å². The SMILES string of the molecule is CCN1CC(CN(C)C(=O)c2ccc(OC)cc2)Oc2ccccc21. The number of likely N-dealkylation sites (N-methyl/N-ethyl adjacent to an activating group) is 2. The zero-order chi connectivity index (χ0) is 17.8. The number of fused-ring (bicyclic) bond motifs is 1. The molecule has 0 bridgehead atoms. The molecule has 3 rings (SSSR count). The van der Waals surface area contributed by atoms with Gasteiger partial charge in [0.25, 0.3) is 5.91 Å². The topological polar surface area (TPSA) is 42.0 Å². The van der Waals surface area contributed by atoms with Crippen molar-refractivity contribution in [3.63, 3.8) is 0 Å². The van der Waals surface area contributed by atoms with Crippen LogP contribution in [0.25, 0.3) is 0 Å². The average Bonchev–Trinajstić information content (AvgIpc) is 2.66. The molecule has 2 aromatic rings. The Kier molecular flexibility index (Phi) is 5.12. The molecule has 2 aromatic carbocycles. The van der Waals surface area contributed by atoms with Gasteiger partial charge in [0, 0.05) is 19.2 Å². The van der Waals surface area contributed by atoms with Crippen LogP contribution >= 0.6 is 0 Å². The number of amides is 1. The van der Waals surface area contributed by atoms with E-state index in [2.05, 4.69) is 17.9 Å². The summed E-state index contributed by atoms with van der Waals surface area (Å²) in [6.07, 6.45) is -0.0537. The molecule has 0 aliphatic carbocycles. The number of hydrogen-bond acceptors (Lipinski definition) is 4. The molecule has 25 heavy (non-hydrogen) atoms. The van der Waals surface area contributed by atoms with Crippen molar-refractivity contribution >= 4 is 11.6 Å². The number of carbonyl (C=O) groups excluding carboxylic acids is 1. The lowest BCUT2D eigenvalue weighted by Crippen LogP contribution is -2.46. The fraction of sp³-hybridized carbons (Fsp3) is 0.350. The van der Waals surface area contributed by atoms with Crippen LogP contribution in [0.5, 0.6) is 11.5 Å². The van der Waals surface area contributed by atoms with Gasteiger partial charge in [0.1, 0.15) is 17.6 Å². The maximum Gasteiger partial charge on any atom is 0.253 e. The van der Waals surface area contributed by atoms with Gasteiger partial charge in [-0.2, -0.15) is 0 Å². The van der Waals surface area contributed by atoms with E-state index in [0.29, 0.717) is 12.1 Å². The Balaban J connectivity index is 1.68. The van der Waals surface area contributed by atoms with Crippen LogP contribution in [0, 0.1) is 0 Å². The third-order valence-electron chi connectivity index (χ3n) is 4.47. The Labute approximate surface area is 148 Å². The molecule has 1 unspecified atom stereocenters. The van der Waals surface area contributed by atoms with E-state index in [1.54, 1.807) is 36.3 Å². The van der Waals surface area contributed by atoms with Crippen LogP contribution in [-0.2, 0) is 0 Å². The maximum atomic E-state index is 12.6. The van der Waals surface area contributed by atoms with Crippen molar-refractivity contribution in [2.24, 2.45) is 0 Å². The number of methoxy groups -OCH3 is 1. The second-order valence-corrected chi connectivity index (χ2v) is 6.16. The van der Waals surface area contributed by atoms with Gasteiger partial charge in [-0.05, 0) is 43.3 Å². The van der Waals surface area contributed by atoms with Gasteiger partial charge in [-0.25, -0.2) is 0 Å². The average molecular weight is 340 g/mol. The second-order valence-electron chi connectivity index (χ2n) is 6.16. The number of ether oxygens (including phenoxy) is 2. The first-order valence-electron chi connectivity index (χ1n) is 8.52. The first kappa shape index (κ1) is 17.1. The quantitative estimate of drug-likeness (QED) is 0.839. The van der Waals surface area contributed by atoms with Crippen LogP contribution in [0.4, 0.5) is 5.69 Å². The van der Waals surface area contributed by atoms with Crippen molar-refractivity contribution in [1.82, 2.24) is 4.90 Å².